The summed E-state index contributed by atoms with van der Waals surface area (Å²) in [6.45, 7) is 1.96. The standard InChI is InChI=1S/C18H14FN5O/c1-12-21-22-18(25-12)17-10-16(15-8-4-5-9-20-15)23-24(17)11-13-6-2-3-7-14(13)19/h2-10H,11H2,1H3. The first-order valence-corrected chi connectivity index (χ1v) is 7.74. The van der Waals surface area contributed by atoms with E-state index in [0.29, 0.717) is 34.4 Å². The van der Waals surface area contributed by atoms with Gasteiger partial charge in [-0.3, -0.25) is 9.67 Å². The smallest absolute Gasteiger partial charge is 0.265 e. The zero-order chi connectivity index (χ0) is 17.2. The third-order valence-corrected chi connectivity index (χ3v) is 3.73. The van der Waals surface area contributed by atoms with Crippen LogP contribution in [0.3, 0.4) is 0 Å². The third-order valence-electron chi connectivity index (χ3n) is 3.73. The van der Waals surface area contributed by atoms with Crippen LogP contribution in [0.15, 0.2) is 59.1 Å². The second-order valence-corrected chi connectivity index (χ2v) is 5.51. The van der Waals surface area contributed by atoms with E-state index in [2.05, 4.69) is 20.3 Å². The van der Waals surface area contributed by atoms with Crippen LogP contribution in [0.4, 0.5) is 4.39 Å². The average Bonchev–Trinajstić information content (AvgIpc) is 3.24. The molecule has 0 aliphatic carbocycles. The number of benzene rings is 1. The van der Waals surface area contributed by atoms with Gasteiger partial charge in [-0.25, -0.2) is 4.39 Å². The number of hydrogen-bond acceptors (Lipinski definition) is 5. The summed E-state index contributed by atoms with van der Waals surface area (Å²) in [6, 6.07) is 14.0. The Labute approximate surface area is 143 Å². The molecule has 0 saturated heterocycles. The van der Waals surface area contributed by atoms with Crippen LogP contribution >= 0.6 is 0 Å². The molecule has 0 aliphatic heterocycles. The molecule has 0 amide bonds. The molecular weight excluding hydrogens is 321 g/mol. The first-order valence-electron chi connectivity index (χ1n) is 7.74. The summed E-state index contributed by atoms with van der Waals surface area (Å²) < 4.78 is 21.2. The van der Waals surface area contributed by atoms with Crippen LogP contribution < -0.4 is 0 Å². The molecule has 6 nitrogen and oxygen atoms in total. The summed E-state index contributed by atoms with van der Waals surface area (Å²) in [6.07, 6.45) is 1.70. The van der Waals surface area contributed by atoms with Crippen LogP contribution in [0.5, 0.6) is 0 Å². The van der Waals surface area contributed by atoms with Crippen LogP contribution in [0.25, 0.3) is 23.0 Å². The van der Waals surface area contributed by atoms with Crippen molar-refractivity contribution in [3.8, 4) is 23.0 Å². The Bertz CT molecular complexity index is 1010. The molecule has 1 aromatic carbocycles. The fourth-order valence-corrected chi connectivity index (χ4v) is 2.54. The molecule has 0 aliphatic rings. The predicted molar refractivity (Wildman–Crippen MR) is 89.0 cm³/mol. The van der Waals surface area contributed by atoms with Gasteiger partial charge in [-0.1, -0.05) is 24.3 Å². The Morgan fingerprint density at radius 1 is 1.04 bits per heavy atom. The molecule has 3 aromatic heterocycles. The van der Waals surface area contributed by atoms with Gasteiger partial charge in [0.05, 0.1) is 12.2 Å². The van der Waals surface area contributed by atoms with E-state index in [1.807, 2.05) is 24.3 Å². The molecular formula is C18H14FN5O. The van der Waals surface area contributed by atoms with E-state index in [1.54, 1.807) is 36.0 Å². The summed E-state index contributed by atoms with van der Waals surface area (Å²) in [5.74, 6) is 0.501. The number of nitrogens with zero attached hydrogens (tertiary/aromatic N) is 5. The van der Waals surface area contributed by atoms with Crippen molar-refractivity contribution in [1.29, 1.82) is 0 Å². The highest BCUT2D eigenvalue weighted by atomic mass is 19.1. The Balaban J connectivity index is 1.81. The molecule has 0 N–H and O–H groups in total. The molecule has 124 valence electrons. The number of aryl methyl sites for hydroxylation is 1. The van der Waals surface area contributed by atoms with E-state index >= 15 is 0 Å². The highest BCUT2D eigenvalue weighted by Crippen LogP contribution is 2.25. The van der Waals surface area contributed by atoms with Gasteiger partial charge in [-0.05, 0) is 24.3 Å². The SMILES string of the molecule is Cc1nnc(-c2cc(-c3ccccn3)nn2Cc2ccccc2F)o1. The molecule has 0 unspecified atom stereocenters. The van der Waals surface area contributed by atoms with E-state index in [-0.39, 0.29) is 12.4 Å². The van der Waals surface area contributed by atoms with Crippen molar-refractivity contribution in [2.24, 2.45) is 0 Å². The predicted octanol–water partition coefficient (Wildman–Crippen LogP) is 3.49. The maximum Gasteiger partial charge on any atom is 0.265 e. The lowest BCUT2D eigenvalue weighted by molar-refractivity contribution is 0.522. The van der Waals surface area contributed by atoms with Crippen LogP contribution in [0.2, 0.25) is 0 Å². The van der Waals surface area contributed by atoms with Crippen molar-refractivity contribution in [3.63, 3.8) is 0 Å². The number of rotatable bonds is 4. The second-order valence-electron chi connectivity index (χ2n) is 5.51. The van der Waals surface area contributed by atoms with Crippen molar-refractivity contribution in [2.45, 2.75) is 13.5 Å². The van der Waals surface area contributed by atoms with Crippen molar-refractivity contribution < 1.29 is 8.81 Å². The van der Waals surface area contributed by atoms with Gasteiger partial charge < -0.3 is 4.42 Å². The second kappa shape index (κ2) is 6.27. The number of aromatic nitrogens is 5. The average molecular weight is 335 g/mol. The molecule has 0 atom stereocenters. The maximum atomic E-state index is 14.0. The molecule has 25 heavy (non-hydrogen) atoms. The number of halogens is 1. The van der Waals surface area contributed by atoms with E-state index in [4.69, 9.17) is 4.42 Å². The van der Waals surface area contributed by atoms with E-state index in [0.717, 1.165) is 0 Å². The highest BCUT2D eigenvalue weighted by Gasteiger charge is 2.18. The minimum Gasteiger partial charge on any atom is -0.420 e. The Morgan fingerprint density at radius 2 is 1.88 bits per heavy atom. The van der Waals surface area contributed by atoms with Crippen LogP contribution in [-0.4, -0.2) is 25.0 Å². The van der Waals surface area contributed by atoms with Crippen molar-refractivity contribution >= 4 is 0 Å². The molecule has 0 radical (unpaired) electrons. The Kier molecular flexibility index (Phi) is 3.81. The summed E-state index contributed by atoms with van der Waals surface area (Å²) in [5, 5.41) is 12.5. The highest BCUT2D eigenvalue weighted by molar-refractivity contribution is 5.61. The fourth-order valence-electron chi connectivity index (χ4n) is 2.54. The third kappa shape index (κ3) is 3.03. The molecule has 4 aromatic rings. The topological polar surface area (TPSA) is 69.6 Å². The Hall–Kier alpha value is -3.35. The van der Waals surface area contributed by atoms with Gasteiger partial charge in [0.25, 0.3) is 5.89 Å². The van der Waals surface area contributed by atoms with Crippen LogP contribution in [0.1, 0.15) is 11.5 Å². The summed E-state index contributed by atoms with van der Waals surface area (Å²) in [7, 11) is 0. The van der Waals surface area contributed by atoms with Gasteiger partial charge in [-0.2, -0.15) is 5.10 Å². The lowest BCUT2D eigenvalue weighted by Gasteiger charge is -2.06. The Morgan fingerprint density at radius 3 is 2.60 bits per heavy atom. The van der Waals surface area contributed by atoms with Crippen LogP contribution in [-0.2, 0) is 6.54 Å². The minimum absolute atomic E-state index is 0.246. The largest absolute Gasteiger partial charge is 0.420 e. The van der Waals surface area contributed by atoms with Crippen molar-refractivity contribution in [3.05, 3.63) is 72.0 Å². The van der Waals surface area contributed by atoms with Crippen LogP contribution in [0, 0.1) is 12.7 Å². The molecule has 3 heterocycles. The lowest BCUT2D eigenvalue weighted by Crippen LogP contribution is -2.06. The summed E-state index contributed by atoms with van der Waals surface area (Å²) in [5.41, 5.74) is 2.51. The van der Waals surface area contributed by atoms with Crippen molar-refractivity contribution in [1.82, 2.24) is 25.0 Å². The van der Waals surface area contributed by atoms with Gasteiger partial charge in [0, 0.05) is 18.7 Å². The molecule has 0 fully saturated rings. The molecule has 0 bridgehead atoms. The summed E-state index contributed by atoms with van der Waals surface area (Å²) >= 11 is 0. The first kappa shape index (κ1) is 15.2. The van der Waals surface area contributed by atoms with Gasteiger partial charge in [0.15, 0.2) is 0 Å². The van der Waals surface area contributed by atoms with Gasteiger partial charge in [0.1, 0.15) is 17.2 Å². The fraction of sp³-hybridized carbons (Fsp3) is 0.111. The molecule has 4 rings (SSSR count). The normalized spacial score (nSPS) is 11.0. The monoisotopic (exact) mass is 335 g/mol. The first-order chi connectivity index (χ1) is 12.2. The quantitative estimate of drug-likeness (QED) is 0.571. The zero-order valence-corrected chi connectivity index (χ0v) is 13.4. The summed E-state index contributed by atoms with van der Waals surface area (Å²) in [4.78, 5) is 4.31. The maximum absolute atomic E-state index is 14.0. The molecule has 0 spiro atoms. The molecule has 7 heteroatoms. The van der Waals surface area contributed by atoms with Gasteiger partial charge in [0.2, 0.25) is 5.89 Å². The molecule has 0 saturated carbocycles. The minimum atomic E-state index is -0.287. The number of hydrogen-bond donors (Lipinski definition) is 0. The van der Waals surface area contributed by atoms with E-state index in [9.17, 15) is 4.39 Å². The van der Waals surface area contributed by atoms with E-state index in [1.165, 1.54) is 6.07 Å². The zero-order valence-electron chi connectivity index (χ0n) is 13.4. The van der Waals surface area contributed by atoms with Gasteiger partial charge >= 0.3 is 0 Å². The number of pyridine rings is 1. The van der Waals surface area contributed by atoms with Gasteiger partial charge in [-0.15, -0.1) is 10.2 Å². The lowest BCUT2D eigenvalue weighted by atomic mass is 10.2. The van der Waals surface area contributed by atoms with Crippen molar-refractivity contribution in [2.75, 3.05) is 0 Å². The van der Waals surface area contributed by atoms with E-state index < -0.39 is 0 Å².